The fraction of sp³-hybridized carbons (Fsp3) is 0.0833. The van der Waals surface area contributed by atoms with E-state index >= 15 is 0 Å². The summed E-state index contributed by atoms with van der Waals surface area (Å²) in [4.78, 5) is 16.7. The maximum absolute atomic E-state index is 12.9. The molecule has 4 aromatic rings. The van der Waals surface area contributed by atoms with Crippen LogP contribution in [0.1, 0.15) is 21.5 Å². The Morgan fingerprint density at radius 3 is 2.57 bits per heavy atom. The van der Waals surface area contributed by atoms with Gasteiger partial charge in [0.05, 0.1) is 5.56 Å². The summed E-state index contributed by atoms with van der Waals surface area (Å²) < 4.78 is 38.8. The van der Waals surface area contributed by atoms with Crippen molar-refractivity contribution in [2.45, 2.75) is 13.1 Å². The molecule has 1 heterocycles. The van der Waals surface area contributed by atoms with E-state index in [1.54, 1.807) is 18.5 Å². The van der Waals surface area contributed by atoms with Crippen LogP contribution in [0.25, 0.3) is 21.9 Å². The lowest BCUT2D eigenvalue weighted by Crippen LogP contribution is -2.14. The fourth-order valence-corrected chi connectivity index (χ4v) is 3.30. The first kappa shape index (κ1) is 19.6. The van der Waals surface area contributed by atoms with Gasteiger partial charge in [-0.1, -0.05) is 24.3 Å². The van der Waals surface area contributed by atoms with E-state index in [1.807, 2.05) is 43.3 Å². The number of halogens is 3. The van der Waals surface area contributed by atoms with Gasteiger partial charge in [-0.2, -0.15) is 13.2 Å². The molecule has 0 saturated carbocycles. The molecule has 0 bridgehead atoms. The molecular formula is C24H17F3N2O. The number of hydrogen-bond donors (Lipinski definition) is 1. The highest BCUT2D eigenvalue weighted by atomic mass is 19.4. The minimum absolute atomic E-state index is 0.0521. The number of benzene rings is 3. The second-order valence-corrected chi connectivity index (χ2v) is 7.00. The molecule has 1 amide bonds. The van der Waals surface area contributed by atoms with Gasteiger partial charge in [-0.25, -0.2) is 0 Å². The number of carbonyl (C=O) groups is 1. The van der Waals surface area contributed by atoms with Crippen molar-refractivity contribution < 1.29 is 18.0 Å². The van der Waals surface area contributed by atoms with Crippen molar-refractivity contribution in [3.05, 3.63) is 95.8 Å². The molecule has 0 saturated heterocycles. The Morgan fingerprint density at radius 1 is 0.933 bits per heavy atom. The number of nitrogens with zero attached hydrogens (tertiary/aromatic N) is 1. The number of aryl methyl sites for hydroxylation is 1. The third kappa shape index (κ3) is 4.03. The molecule has 0 aliphatic carbocycles. The zero-order valence-electron chi connectivity index (χ0n) is 16.0. The number of aromatic nitrogens is 1. The molecule has 0 atom stereocenters. The SMILES string of the molecule is Cc1ccc(NC(=O)c2cccc(C(F)(F)F)c2)cc1-c1ccc2ccncc2c1. The van der Waals surface area contributed by atoms with E-state index in [2.05, 4.69) is 10.3 Å². The Morgan fingerprint density at radius 2 is 1.77 bits per heavy atom. The van der Waals surface area contributed by atoms with Crippen LogP contribution in [0.5, 0.6) is 0 Å². The zero-order valence-corrected chi connectivity index (χ0v) is 16.0. The molecule has 4 rings (SSSR count). The molecule has 1 N–H and O–H groups in total. The normalized spacial score (nSPS) is 11.5. The largest absolute Gasteiger partial charge is 0.416 e. The topological polar surface area (TPSA) is 42.0 Å². The van der Waals surface area contributed by atoms with Crippen molar-refractivity contribution in [2.75, 3.05) is 5.32 Å². The Hall–Kier alpha value is -3.67. The predicted molar refractivity (Wildman–Crippen MR) is 111 cm³/mol. The van der Waals surface area contributed by atoms with Crippen LogP contribution in [0.15, 0.2) is 79.1 Å². The van der Waals surface area contributed by atoms with Gasteiger partial charge in [0.1, 0.15) is 0 Å². The van der Waals surface area contributed by atoms with Crippen LogP contribution in [0.3, 0.4) is 0 Å². The van der Waals surface area contributed by atoms with Gasteiger partial charge in [0, 0.05) is 29.0 Å². The summed E-state index contributed by atoms with van der Waals surface area (Å²) in [6, 6.07) is 17.7. The fourth-order valence-electron chi connectivity index (χ4n) is 3.30. The number of fused-ring (bicyclic) bond motifs is 1. The van der Waals surface area contributed by atoms with Crippen molar-refractivity contribution >= 4 is 22.4 Å². The standard InChI is InChI=1S/C24H17F3N2O/c1-15-5-8-21(29-23(30)18-3-2-4-20(12-18)24(25,26)27)13-22(15)17-7-6-16-9-10-28-14-19(16)11-17/h2-14H,1H3,(H,29,30). The summed E-state index contributed by atoms with van der Waals surface area (Å²) in [5, 5.41) is 4.76. The summed E-state index contributed by atoms with van der Waals surface area (Å²) in [5.74, 6) is -0.599. The lowest BCUT2D eigenvalue weighted by molar-refractivity contribution is -0.137. The Labute approximate surface area is 171 Å². The maximum atomic E-state index is 12.9. The molecule has 3 aromatic carbocycles. The van der Waals surface area contributed by atoms with Crippen molar-refractivity contribution in [2.24, 2.45) is 0 Å². The lowest BCUT2D eigenvalue weighted by atomic mass is 9.98. The number of pyridine rings is 1. The maximum Gasteiger partial charge on any atom is 0.416 e. The second-order valence-electron chi connectivity index (χ2n) is 7.00. The minimum Gasteiger partial charge on any atom is -0.322 e. The highest BCUT2D eigenvalue weighted by Crippen LogP contribution is 2.31. The average molecular weight is 406 g/mol. The van der Waals surface area contributed by atoms with Crippen LogP contribution in [0.4, 0.5) is 18.9 Å². The molecule has 1 aromatic heterocycles. The Kier molecular flexibility index (Phi) is 4.99. The van der Waals surface area contributed by atoms with Crippen LogP contribution in [0.2, 0.25) is 0 Å². The van der Waals surface area contributed by atoms with Crippen molar-refractivity contribution in [3.8, 4) is 11.1 Å². The van der Waals surface area contributed by atoms with Crippen molar-refractivity contribution in [3.63, 3.8) is 0 Å². The number of nitrogens with one attached hydrogen (secondary N) is 1. The third-order valence-corrected chi connectivity index (χ3v) is 4.90. The number of hydrogen-bond acceptors (Lipinski definition) is 2. The first-order valence-corrected chi connectivity index (χ1v) is 9.25. The molecule has 0 fully saturated rings. The van der Waals surface area contributed by atoms with Gasteiger partial charge in [-0.05, 0) is 71.5 Å². The van der Waals surface area contributed by atoms with Crippen LogP contribution < -0.4 is 5.32 Å². The van der Waals surface area contributed by atoms with E-state index in [-0.39, 0.29) is 5.56 Å². The number of amides is 1. The number of rotatable bonds is 3. The second kappa shape index (κ2) is 7.63. The van der Waals surface area contributed by atoms with E-state index in [0.29, 0.717) is 5.69 Å². The highest BCUT2D eigenvalue weighted by molar-refractivity contribution is 6.04. The number of anilines is 1. The molecule has 0 aliphatic heterocycles. The minimum atomic E-state index is -4.50. The zero-order chi connectivity index (χ0) is 21.3. The molecule has 150 valence electrons. The van der Waals surface area contributed by atoms with Gasteiger partial charge in [-0.15, -0.1) is 0 Å². The van der Waals surface area contributed by atoms with Crippen molar-refractivity contribution in [1.29, 1.82) is 0 Å². The van der Waals surface area contributed by atoms with Gasteiger partial charge in [-0.3, -0.25) is 9.78 Å². The van der Waals surface area contributed by atoms with Gasteiger partial charge >= 0.3 is 6.18 Å². The van der Waals surface area contributed by atoms with Crippen LogP contribution in [-0.2, 0) is 6.18 Å². The molecule has 0 unspecified atom stereocenters. The monoisotopic (exact) mass is 406 g/mol. The molecular weight excluding hydrogens is 389 g/mol. The Bertz CT molecular complexity index is 1250. The summed E-state index contributed by atoms with van der Waals surface area (Å²) in [6.45, 7) is 1.96. The molecule has 3 nitrogen and oxygen atoms in total. The van der Waals surface area contributed by atoms with E-state index in [4.69, 9.17) is 0 Å². The van der Waals surface area contributed by atoms with Crippen LogP contribution >= 0.6 is 0 Å². The number of carbonyl (C=O) groups excluding carboxylic acids is 1. The van der Waals surface area contributed by atoms with E-state index < -0.39 is 17.6 Å². The molecule has 6 heteroatoms. The van der Waals surface area contributed by atoms with E-state index in [0.717, 1.165) is 39.6 Å². The molecule has 30 heavy (non-hydrogen) atoms. The van der Waals surface area contributed by atoms with Gasteiger partial charge in [0.2, 0.25) is 0 Å². The van der Waals surface area contributed by atoms with E-state index in [9.17, 15) is 18.0 Å². The molecule has 0 radical (unpaired) electrons. The Balaban J connectivity index is 1.64. The quantitative estimate of drug-likeness (QED) is 0.423. The number of alkyl halides is 3. The van der Waals surface area contributed by atoms with E-state index in [1.165, 1.54) is 12.1 Å². The first-order valence-electron chi connectivity index (χ1n) is 9.25. The summed E-state index contributed by atoms with van der Waals surface area (Å²) in [6.07, 6.45) is -0.983. The average Bonchev–Trinajstić information content (AvgIpc) is 2.74. The first-order chi connectivity index (χ1) is 14.3. The van der Waals surface area contributed by atoms with Gasteiger partial charge < -0.3 is 5.32 Å². The predicted octanol–water partition coefficient (Wildman–Crippen LogP) is 6.48. The van der Waals surface area contributed by atoms with Crippen molar-refractivity contribution in [1.82, 2.24) is 4.98 Å². The molecule has 0 aliphatic rings. The summed E-state index contributed by atoms with van der Waals surface area (Å²) in [5.41, 5.74) is 2.48. The summed E-state index contributed by atoms with van der Waals surface area (Å²) >= 11 is 0. The van der Waals surface area contributed by atoms with Crippen LogP contribution in [-0.4, -0.2) is 10.9 Å². The smallest absolute Gasteiger partial charge is 0.322 e. The highest BCUT2D eigenvalue weighted by Gasteiger charge is 2.30. The van der Waals surface area contributed by atoms with Gasteiger partial charge in [0.25, 0.3) is 5.91 Å². The summed E-state index contributed by atoms with van der Waals surface area (Å²) in [7, 11) is 0. The molecule has 0 spiro atoms. The lowest BCUT2D eigenvalue weighted by Gasteiger charge is -2.12. The third-order valence-electron chi connectivity index (χ3n) is 4.90. The van der Waals surface area contributed by atoms with Gasteiger partial charge in [0.15, 0.2) is 0 Å². The van der Waals surface area contributed by atoms with Crippen LogP contribution in [0, 0.1) is 6.92 Å².